The van der Waals surface area contributed by atoms with E-state index in [2.05, 4.69) is 10.3 Å². The lowest BCUT2D eigenvalue weighted by atomic mass is 9.86. The first kappa shape index (κ1) is 29.2. The average molecular weight is 638 g/mol. The molecule has 3 saturated carbocycles. The number of carbonyl (C=O) groups is 1. The monoisotopic (exact) mass is 637 g/mol. The van der Waals surface area contributed by atoms with E-state index in [0.717, 1.165) is 49.3 Å². The molecule has 0 saturated heterocycles. The van der Waals surface area contributed by atoms with Gasteiger partial charge in [0.05, 0.1) is 24.4 Å². The first-order valence-electron chi connectivity index (χ1n) is 15.4. The van der Waals surface area contributed by atoms with Crippen LogP contribution < -0.4 is 20.5 Å². The predicted molar refractivity (Wildman–Crippen MR) is 158 cm³/mol. The summed E-state index contributed by atoms with van der Waals surface area (Å²) in [5.41, 5.74) is 2.04. The van der Waals surface area contributed by atoms with Crippen molar-refractivity contribution in [3.63, 3.8) is 0 Å². The fourth-order valence-electron chi connectivity index (χ4n) is 6.09. The third kappa shape index (κ3) is 4.96. The Morgan fingerprint density at radius 1 is 1.11 bits per heavy atom. The predicted octanol–water partition coefficient (Wildman–Crippen LogP) is 5.25. The molecular weight excluding hydrogens is 606 g/mol. The minimum atomic E-state index is -4.88. The largest absolute Gasteiger partial charge is 0.488 e. The van der Waals surface area contributed by atoms with E-state index in [1.165, 1.54) is 12.1 Å². The molecular formula is C33H31F4N5O4. The molecule has 4 aliphatic rings. The highest BCUT2D eigenvalue weighted by atomic mass is 19.4. The smallest absolute Gasteiger partial charge is 0.414 e. The number of amides is 1. The van der Waals surface area contributed by atoms with Crippen LogP contribution in [0.1, 0.15) is 66.2 Å². The number of aliphatic hydroxyl groups is 1. The number of nitrogens with zero attached hydrogens (tertiary/aromatic N) is 3. The summed E-state index contributed by atoms with van der Waals surface area (Å²) in [7, 11) is 0. The topological polar surface area (TPSA) is 125 Å². The number of nitrogens with two attached hydrogens (primary N) is 1. The quantitative estimate of drug-likeness (QED) is 0.214. The molecule has 1 aliphatic heterocycles. The van der Waals surface area contributed by atoms with Crippen LogP contribution in [0.3, 0.4) is 0 Å². The molecule has 2 atom stereocenters. The second-order valence-corrected chi connectivity index (χ2v) is 12.9. The van der Waals surface area contributed by atoms with E-state index < -0.39 is 35.6 Å². The van der Waals surface area contributed by atoms with E-state index in [-0.39, 0.29) is 46.8 Å². The number of hydrogen-bond acceptors (Lipinski definition) is 7. The Kier molecular flexibility index (Phi) is 6.43. The van der Waals surface area contributed by atoms with Gasteiger partial charge in [-0.15, -0.1) is 0 Å². The van der Waals surface area contributed by atoms with E-state index in [4.69, 9.17) is 20.3 Å². The van der Waals surface area contributed by atoms with Gasteiger partial charge < -0.3 is 25.6 Å². The maximum Gasteiger partial charge on any atom is 0.414 e. The van der Waals surface area contributed by atoms with Crippen molar-refractivity contribution in [3.8, 4) is 22.8 Å². The lowest BCUT2D eigenvalue weighted by molar-refractivity contribution is -0.191. The SMILES string of the molecule is NC1(C(F)(F)F)COc2c1cc(C(O)(CNC(=O)c1cc(OC3CC3)c3nn(C4CC4)cc3c1)C1CC1)nc2-c1ccc(F)cc1. The van der Waals surface area contributed by atoms with Crippen molar-refractivity contribution in [1.82, 2.24) is 20.1 Å². The van der Waals surface area contributed by atoms with E-state index in [1.807, 2.05) is 10.9 Å². The van der Waals surface area contributed by atoms with Crippen molar-refractivity contribution in [3.05, 3.63) is 71.3 Å². The number of hydrogen-bond donors (Lipinski definition) is 3. The van der Waals surface area contributed by atoms with Crippen LogP contribution in [0.5, 0.6) is 11.5 Å². The van der Waals surface area contributed by atoms with Gasteiger partial charge in [0, 0.05) is 28.3 Å². The van der Waals surface area contributed by atoms with Crippen LogP contribution in [0.25, 0.3) is 22.2 Å². The molecule has 0 radical (unpaired) electrons. The minimum absolute atomic E-state index is 0.00512. The summed E-state index contributed by atoms with van der Waals surface area (Å²) < 4.78 is 70.2. The summed E-state index contributed by atoms with van der Waals surface area (Å²) >= 11 is 0. The number of rotatable bonds is 9. The summed E-state index contributed by atoms with van der Waals surface area (Å²) in [5, 5.41) is 20.4. The first-order chi connectivity index (χ1) is 21.9. The van der Waals surface area contributed by atoms with Crippen LogP contribution in [0.4, 0.5) is 17.6 Å². The molecule has 9 nitrogen and oxygen atoms in total. The molecule has 3 fully saturated rings. The van der Waals surface area contributed by atoms with Crippen LogP contribution in [-0.2, 0) is 11.1 Å². The van der Waals surface area contributed by atoms with Crippen LogP contribution >= 0.6 is 0 Å². The van der Waals surface area contributed by atoms with Crippen LogP contribution in [-0.4, -0.2) is 51.2 Å². The number of fused-ring (bicyclic) bond motifs is 2. The molecule has 8 rings (SSSR count). The van der Waals surface area contributed by atoms with Gasteiger partial charge >= 0.3 is 6.18 Å². The number of benzene rings is 2. The Hall–Kier alpha value is -4.23. The fourth-order valence-corrected chi connectivity index (χ4v) is 6.09. The molecule has 3 aliphatic carbocycles. The Bertz CT molecular complexity index is 1870. The van der Waals surface area contributed by atoms with E-state index in [1.54, 1.807) is 12.1 Å². The van der Waals surface area contributed by atoms with Crippen molar-refractivity contribution in [2.24, 2.45) is 11.7 Å². The van der Waals surface area contributed by atoms with Gasteiger partial charge in [-0.25, -0.2) is 9.37 Å². The number of aromatic nitrogens is 3. The van der Waals surface area contributed by atoms with Gasteiger partial charge in [-0.3, -0.25) is 9.48 Å². The van der Waals surface area contributed by atoms with Gasteiger partial charge in [0.1, 0.15) is 35.0 Å². The molecule has 2 aromatic heterocycles. The molecule has 0 spiro atoms. The van der Waals surface area contributed by atoms with Crippen molar-refractivity contribution >= 4 is 16.8 Å². The molecule has 4 N–H and O–H groups in total. The summed E-state index contributed by atoms with van der Waals surface area (Å²) in [5.74, 6) is -1.08. The highest BCUT2D eigenvalue weighted by Crippen LogP contribution is 2.52. The number of alkyl halides is 3. The summed E-state index contributed by atoms with van der Waals surface area (Å²) in [4.78, 5) is 18.2. The zero-order valence-electron chi connectivity index (χ0n) is 24.6. The van der Waals surface area contributed by atoms with Gasteiger partial charge in [0.25, 0.3) is 5.91 Å². The van der Waals surface area contributed by atoms with Crippen molar-refractivity contribution < 1.29 is 36.9 Å². The van der Waals surface area contributed by atoms with Crippen molar-refractivity contribution in [2.75, 3.05) is 13.2 Å². The standard InChI is InChI=1S/C33H31F4N5O4/c34-21-5-1-17(2-6-21)28-29-24(32(38,16-45-29)33(35,36)37)13-26(40-28)31(44,20-3-4-20)15-39-30(43)18-11-19-14-42(22-7-8-22)41-27(19)25(12-18)46-23-9-10-23/h1-2,5-6,11-14,20,22-23,44H,3-4,7-10,15-16,38H2,(H,39,43). The van der Waals surface area contributed by atoms with Crippen LogP contribution in [0.2, 0.25) is 0 Å². The van der Waals surface area contributed by atoms with Crippen molar-refractivity contribution in [1.29, 1.82) is 0 Å². The molecule has 46 heavy (non-hydrogen) atoms. The molecule has 13 heteroatoms. The number of pyridine rings is 1. The Labute approximate surface area is 260 Å². The highest BCUT2D eigenvalue weighted by molar-refractivity contribution is 6.00. The maximum absolute atomic E-state index is 14.3. The zero-order valence-corrected chi connectivity index (χ0v) is 24.6. The third-order valence-corrected chi connectivity index (χ3v) is 9.33. The third-order valence-electron chi connectivity index (χ3n) is 9.33. The Morgan fingerprint density at radius 2 is 1.85 bits per heavy atom. The van der Waals surface area contributed by atoms with E-state index in [0.29, 0.717) is 35.7 Å². The van der Waals surface area contributed by atoms with E-state index >= 15 is 0 Å². The number of ether oxygens (including phenoxy) is 2. The van der Waals surface area contributed by atoms with Crippen LogP contribution in [0, 0.1) is 11.7 Å². The van der Waals surface area contributed by atoms with Gasteiger partial charge in [0.15, 0.2) is 11.3 Å². The Morgan fingerprint density at radius 3 is 2.50 bits per heavy atom. The lowest BCUT2D eigenvalue weighted by Crippen LogP contribution is -2.52. The fraction of sp³-hybridized carbons (Fsp3) is 0.424. The second kappa shape index (κ2) is 10.1. The summed E-state index contributed by atoms with van der Waals surface area (Å²) in [6.45, 7) is -1.21. The summed E-state index contributed by atoms with van der Waals surface area (Å²) in [6, 6.07) is 9.88. The number of nitrogens with one attached hydrogen (secondary N) is 1. The molecule has 1 amide bonds. The number of carbonyl (C=O) groups excluding carboxylic acids is 1. The molecule has 240 valence electrons. The first-order valence-corrected chi connectivity index (χ1v) is 15.4. The molecule has 0 bridgehead atoms. The minimum Gasteiger partial charge on any atom is -0.488 e. The lowest BCUT2D eigenvalue weighted by Gasteiger charge is -2.31. The van der Waals surface area contributed by atoms with Gasteiger partial charge in [-0.1, -0.05) is 0 Å². The van der Waals surface area contributed by atoms with Crippen LogP contribution in [0.15, 0.2) is 48.7 Å². The second-order valence-electron chi connectivity index (χ2n) is 12.9. The molecule has 4 aromatic rings. The summed E-state index contributed by atoms with van der Waals surface area (Å²) in [6.07, 6.45) is 2.17. The molecule has 2 unspecified atom stereocenters. The normalized spacial score (nSPS) is 22.3. The van der Waals surface area contributed by atoms with E-state index in [9.17, 15) is 27.5 Å². The molecule has 3 heterocycles. The van der Waals surface area contributed by atoms with Gasteiger partial charge in [0.2, 0.25) is 0 Å². The zero-order chi connectivity index (χ0) is 32.0. The van der Waals surface area contributed by atoms with Gasteiger partial charge in [-0.2, -0.15) is 18.3 Å². The molecule has 2 aromatic carbocycles. The number of halogens is 4. The maximum atomic E-state index is 14.3. The Balaban J connectivity index is 1.15. The average Bonchev–Trinajstić information content (AvgIpc) is 3.91. The van der Waals surface area contributed by atoms with Crippen molar-refractivity contribution in [2.45, 2.75) is 68.0 Å². The van der Waals surface area contributed by atoms with Gasteiger partial charge in [-0.05, 0) is 86.9 Å². The highest BCUT2D eigenvalue weighted by Gasteiger charge is 2.59.